The number of pyridine rings is 1. The number of hydrogen-bond acceptors (Lipinski definition) is 8. The zero-order valence-corrected chi connectivity index (χ0v) is 17.5. The monoisotopic (exact) mass is 416 g/mol. The van der Waals surface area contributed by atoms with Crippen molar-refractivity contribution in [2.75, 3.05) is 16.8 Å². The van der Waals surface area contributed by atoms with Crippen LogP contribution in [0.15, 0.2) is 47.1 Å². The van der Waals surface area contributed by atoms with E-state index in [1.165, 1.54) is 0 Å². The fourth-order valence-corrected chi connectivity index (χ4v) is 3.87. The van der Waals surface area contributed by atoms with Crippen LogP contribution in [0, 0.1) is 6.92 Å². The van der Waals surface area contributed by atoms with Crippen molar-refractivity contribution in [3.05, 3.63) is 59.7 Å². The molecule has 1 atom stereocenters. The first kappa shape index (κ1) is 19.2. The maximum absolute atomic E-state index is 5.71. The van der Waals surface area contributed by atoms with Gasteiger partial charge in [0.25, 0.3) is 0 Å². The van der Waals surface area contributed by atoms with Crippen LogP contribution in [-0.4, -0.2) is 36.9 Å². The van der Waals surface area contributed by atoms with Gasteiger partial charge in [-0.1, -0.05) is 18.1 Å². The van der Waals surface area contributed by atoms with Crippen molar-refractivity contribution in [3.63, 3.8) is 0 Å². The molecule has 1 aliphatic rings. The molecule has 9 nitrogen and oxygen atoms in total. The van der Waals surface area contributed by atoms with Gasteiger partial charge in [0.2, 0.25) is 5.95 Å². The smallest absolute Gasteiger partial charge is 0.228 e. The van der Waals surface area contributed by atoms with E-state index in [9.17, 15) is 0 Å². The van der Waals surface area contributed by atoms with E-state index >= 15 is 0 Å². The summed E-state index contributed by atoms with van der Waals surface area (Å²) < 4.78 is 5.71. The van der Waals surface area contributed by atoms with Crippen LogP contribution in [0.25, 0.3) is 11.4 Å². The number of H-pyrrole nitrogens is 1. The Morgan fingerprint density at radius 2 is 2.10 bits per heavy atom. The standard InChI is InChI=1S/C22H24N8O/c1-3-15-12-21(28-27-15)25-20-11-14(2)24-22(26-20)30-10-6-8-18(30)19-13-17(29-31-19)16-7-4-5-9-23-16/h4-5,7,9,11-13,18H,3,6,8,10H2,1-2H3,(H2,24,25,26,27,28)/t18-/m0/s1. The molecule has 0 radical (unpaired) electrons. The van der Waals surface area contributed by atoms with E-state index < -0.39 is 0 Å². The Morgan fingerprint density at radius 1 is 1.16 bits per heavy atom. The third kappa shape index (κ3) is 3.98. The molecule has 2 N–H and O–H groups in total. The summed E-state index contributed by atoms with van der Waals surface area (Å²) in [6, 6.07) is 11.7. The maximum Gasteiger partial charge on any atom is 0.228 e. The van der Waals surface area contributed by atoms with Gasteiger partial charge in [0.15, 0.2) is 11.6 Å². The van der Waals surface area contributed by atoms with Gasteiger partial charge in [0, 0.05) is 42.3 Å². The summed E-state index contributed by atoms with van der Waals surface area (Å²) in [5.41, 5.74) is 3.49. The quantitative estimate of drug-likeness (QED) is 0.481. The normalized spacial score (nSPS) is 16.1. The highest BCUT2D eigenvalue weighted by Gasteiger charge is 2.32. The van der Waals surface area contributed by atoms with E-state index in [0.29, 0.717) is 11.8 Å². The number of aryl methyl sites for hydroxylation is 2. The van der Waals surface area contributed by atoms with Crippen molar-refractivity contribution in [3.8, 4) is 11.4 Å². The van der Waals surface area contributed by atoms with Gasteiger partial charge < -0.3 is 14.7 Å². The number of aromatic nitrogens is 6. The number of rotatable bonds is 6. The molecule has 5 heterocycles. The molecule has 4 aromatic heterocycles. The van der Waals surface area contributed by atoms with Crippen LogP contribution in [-0.2, 0) is 6.42 Å². The molecule has 0 aliphatic carbocycles. The van der Waals surface area contributed by atoms with Crippen LogP contribution < -0.4 is 10.2 Å². The average molecular weight is 416 g/mol. The van der Waals surface area contributed by atoms with Gasteiger partial charge in [-0.05, 0) is 38.3 Å². The third-order valence-electron chi connectivity index (χ3n) is 5.40. The van der Waals surface area contributed by atoms with Crippen LogP contribution in [0.5, 0.6) is 0 Å². The Balaban J connectivity index is 1.40. The molecule has 158 valence electrons. The van der Waals surface area contributed by atoms with Crippen LogP contribution >= 0.6 is 0 Å². The molecule has 0 bridgehead atoms. The molecule has 4 aromatic rings. The fraction of sp³-hybridized carbons (Fsp3) is 0.318. The van der Waals surface area contributed by atoms with Crippen molar-refractivity contribution >= 4 is 17.6 Å². The highest BCUT2D eigenvalue weighted by Crippen LogP contribution is 2.36. The number of nitrogens with zero attached hydrogens (tertiary/aromatic N) is 6. The second kappa shape index (κ2) is 8.17. The molecule has 1 aliphatic heterocycles. The zero-order valence-electron chi connectivity index (χ0n) is 17.5. The van der Waals surface area contributed by atoms with E-state index in [-0.39, 0.29) is 6.04 Å². The fourth-order valence-electron chi connectivity index (χ4n) is 3.87. The van der Waals surface area contributed by atoms with Gasteiger partial charge in [0.05, 0.1) is 11.7 Å². The minimum absolute atomic E-state index is 0.0386. The van der Waals surface area contributed by atoms with Crippen LogP contribution in [0.4, 0.5) is 17.6 Å². The van der Waals surface area contributed by atoms with E-state index in [4.69, 9.17) is 14.5 Å². The molecule has 0 amide bonds. The second-order valence-electron chi connectivity index (χ2n) is 7.63. The Labute approximate surface area is 179 Å². The summed E-state index contributed by atoms with van der Waals surface area (Å²) >= 11 is 0. The minimum atomic E-state index is 0.0386. The molecule has 0 spiro atoms. The van der Waals surface area contributed by atoms with Gasteiger partial charge >= 0.3 is 0 Å². The molecule has 9 heteroatoms. The number of anilines is 3. The highest BCUT2D eigenvalue weighted by atomic mass is 16.5. The van der Waals surface area contributed by atoms with Crippen molar-refractivity contribution in [2.24, 2.45) is 0 Å². The van der Waals surface area contributed by atoms with Crippen LogP contribution in [0.2, 0.25) is 0 Å². The third-order valence-corrected chi connectivity index (χ3v) is 5.40. The molecule has 1 fully saturated rings. The van der Waals surface area contributed by atoms with E-state index in [1.807, 2.05) is 43.3 Å². The van der Waals surface area contributed by atoms with Gasteiger partial charge in [-0.15, -0.1) is 0 Å². The predicted octanol–water partition coefficient (Wildman–Crippen LogP) is 4.21. The molecule has 1 saturated heterocycles. The average Bonchev–Trinajstić information content (AvgIpc) is 3.54. The summed E-state index contributed by atoms with van der Waals surface area (Å²) in [6.07, 6.45) is 4.64. The van der Waals surface area contributed by atoms with Crippen LogP contribution in [0.1, 0.15) is 43.0 Å². The minimum Gasteiger partial charge on any atom is -0.358 e. The lowest BCUT2D eigenvalue weighted by atomic mass is 10.1. The lowest BCUT2D eigenvalue weighted by Crippen LogP contribution is -2.25. The molecule has 0 aromatic carbocycles. The Kier molecular flexibility index (Phi) is 5.07. The molecule has 5 rings (SSSR count). The van der Waals surface area contributed by atoms with Gasteiger partial charge in [-0.2, -0.15) is 10.1 Å². The SMILES string of the molecule is CCc1cc(Nc2cc(C)nc(N3CCC[C@H]3c3cc(-c4ccccn4)no3)n2)n[nH]1. The summed E-state index contributed by atoms with van der Waals surface area (Å²) in [7, 11) is 0. The Morgan fingerprint density at radius 3 is 2.90 bits per heavy atom. The van der Waals surface area contributed by atoms with Gasteiger partial charge in [-0.3, -0.25) is 10.1 Å². The summed E-state index contributed by atoms with van der Waals surface area (Å²) in [5.74, 6) is 2.94. The summed E-state index contributed by atoms with van der Waals surface area (Å²) in [4.78, 5) is 16.0. The lowest BCUT2D eigenvalue weighted by molar-refractivity contribution is 0.362. The van der Waals surface area contributed by atoms with E-state index in [2.05, 4.69) is 37.5 Å². The summed E-state index contributed by atoms with van der Waals surface area (Å²) in [5, 5.41) is 14.8. The number of nitrogens with one attached hydrogen (secondary N) is 2. The Bertz CT molecular complexity index is 1170. The number of hydrogen-bond donors (Lipinski definition) is 2. The predicted molar refractivity (Wildman–Crippen MR) is 117 cm³/mol. The molecule has 0 saturated carbocycles. The topological polar surface area (TPSA) is 109 Å². The molecule has 0 unspecified atom stereocenters. The second-order valence-corrected chi connectivity index (χ2v) is 7.63. The highest BCUT2D eigenvalue weighted by molar-refractivity contribution is 5.56. The van der Waals surface area contributed by atoms with Crippen LogP contribution in [0.3, 0.4) is 0 Å². The first-order valence-electron chi connectivity index (χ1n) is 10.5. The van der Waals surface area contributed by atoms with E-state index in [1.54, 1.807) is 6.20 Å². The van der Waals surface area contributed by atoms with Crippen molar-refractivity contribution in [1.82, 2.24) is 30.3 Å². The summed E-state index contributed by atoms with van der Waals surface area (Å²) in [6.45, 7) is 4.91. The molecule has 31 heavy (non-hydrogen) atoms. The lowest BCUT2D eigenvalue weighted by Gasteiger charge is -2.23. The first-order valence-corrected chi connectivity index (χ1v) is 10.5. The van der Waals surface area contributed by atoms with Gasteiger partial charge in [0.1, 0.15) is 11.5 Å². The zero-order chi connectivity index (χ0) is 21.2. The van der Waals surface area contributed by atoms with Crippen molar-refractivity contribution < 1.29 is 4.52 Å². The van der Waals surface area contributed by atoms with Crippen molar-refractivity contribution in [2.45, 2.75) is 39.2 Å². The molecular weight excluding hydrogens is 392 g/mol. The molecular formula is C22H24N8O. The first-order chi connectivity index (χ1) is 15.2. The van der Waals surface area contributed by atoms with Gasteiger partial charge in [-0.25, -0.2) is 4.98 Å². The van der Waals surface area contributed by atoms with Crippen molar-refractivity contribution in [1.29, 1.82) is 0 Å². The Hall–Kier alpha value is -3.75. The van der Waals surface area contributed by atoms with E-state index in [0.717, 1.165) is 60.2 Å². The number of aromatic amines is 1. The largest absolute Gasteiger partial charge is 0.358 e. The maximum atomic E-state index is 5.71.